The Bertz CT molecular complexity index is 531. The molecule has 0 amide bonds. The maximum atomic E-state index is 10.6. The van der Waals surface area contributed by atoms with Gasteiger partial charge in [-0.25, -0.2) is 0 Å². The van der Waals surface area contributed by atoms with Gasteiger partial charge in [0.2, 0.25) is 0 Å². The molecular formula is C12H14N2O2. The number of benzene rings is 1. The second-order valence-electron chi connectivity index (χ2n) is 3.96. The summed E-state index contributed by atoms with van der Waals surface area (Å²) in [5, 5.41) is 8.04. The van der Waals surface area contributed by atoms with Crippen molar-refractivity contribution in [3.05, 3.63) is 23.4 Å². The number of aryl methyl sites for hydroxylation is 2. The highest BCUT2D eigenvalue weighted by atomic mass is 16.5. The highest BCUT2D eigenvalue weighted by Crippen LogP contribution is 2.29. The number of nitrogens with zero attached hydrogens (tertiary/aromatic N) is 1. The number of nitrogens with one attached hydrogen (secondary N) is 1. The summed E-state index contributed by atoms with van der Waals surface area (Å²) >= 11 is 0. The van der Waals surface area contributed by atoms with Crippen molar-refractivity contribution in [2.75, 3.05) is 0 Å². The topological polar surface area (TPSA) is 55.0 Å². The van der Waals surface area contributed by atoms with Crippen molar-refractivity contribution in [3.63, 3.8) is 0 Å². The summed E-state index contributed by atoms with van der Waals surface area (Å²) in [6.45, 7) is 5.63. The Kier molecular flexibility index (Phi) is 2.64. The fourth-order valence-electron chi connectivity index (χ4n) is 1.72. The zero-order valence-corrected chi connectivity index (χ0v) is 9.57. The molecule has 4 heteroatoms. The summed E-state index contributed by atoms with van der Waals surface area (Å²) in [6.07, 6.45) is 0.336. The minimum atomic E-state index is -0.445. The molecule has 2 aromatic rings. The van der Waals surface area contributed by atoms with E-state index in [9.17, 15) is 4.79 Å². The Balaban J connectivity index is 2.57. The predicted octanol–water partition coefficient (Wildman–Crippen LogP) is 2.15. The van der Waals surface area contributed by atoms with Crippen molar-refractivity contribution in [3.8, 4) is 5.75 Å². The molecule has 0 aliphatic carbocycles. The number of fused-ring (bicyclic) bond motifs is 1. The number of carbonyl (C=O) groups excluding carboxylic acids is 1. The maximum absolute atomic E-state index is 10.6. The summed E-state index contributed by atoms with van der Waals surface area (Å²) < 4.78 is 5.57. The molecule has 1 aromatic carbocycles. The van der Waals surface area contributed by atoms with E-state index in [1.807, 2.05) is 26.0 Å². The van der Waals surface area contributed by atoms with Crippen molar-refractivity contribution in [2.24, 2.45) is 0 Å². The first-order chi connectivity index (χ1) is 7.61. The van der Waals surface area contributed by atoms with Crippen LogP contribution in [0.15, 0.2) is 12.1 Å². The van der Waals surface area contributed by atoms with E-state index in [2.05, 4.69) is 10.2 Å². The second kappa shape index (κ2) is 3.96. The fraction of sp³-hybridized carbons (Fsp3) is 0.333. The number of aromatic amines is 1. The number of ether oxygens (including phenoxy) is 1. The first-order valence-corrected chi connectivity index (χ1v) is 5.19. The number of rotatable bonds is 3. The lowest BCUT2D eigenvalue weighted by atomic mass is 10.1. The monoisotopic (exact) mass is 218 g/mol. The maximum Gasteiger partial charge on any atom is 0.160 e. The smallest absolute Gasteiger partial charge is 0.160 e. The van der Waals surface area contributed by atoms with E-state index in [1.165, 1.54) is 0 Å². The fourth-order valence-corrected chi connectivity index (χ4v) is 1.72. The van der Waals surface area contributed by atoms with Gasteiger partial charge in [-0.2, -0.15) is 5.10 Å². The first-order valence-electron chi connectivity index (χ1n) is 5.19. The Morgan fingerprint density at radius 2 is 2.19 bits per heavy atom. The minimum absolute atomic E-state index is 0.445. The van der Waals surface area contributed by atoms with Crippen molar-refractivity contribution >= 4 is 17.2 Å². The van der Waals surface area contributed by atoms with Gasteiger partial charge in [0.1, 0.15) is 5.75 Å². The van der Waals surface area contributed by atoms with Crippen LogP contribution in [0.5, 0.6) is 5.75 Å². The number of hydrogen-bond acceptors (Lipinski definition) is 3. The molecule has 0 aliphatic heterocycles. The molecule has 0 fully saturated rings. The minimum Gasteiger partial charge on any atom is -0.482 e. The number of aromatic nitrogens is 2. The standard InChI is InChI=1S/C12H14N2O2/c1-7-4-10-12(9(3)13-14-10)11(5-7)16-8(2)6-15/h4-6,8H,1-3H3,(H,13,14). The number of carbonyl (C=O) groups is 1. The van der Waals surface area contributed by atoms with Gasteiger partial charge < -0.3 is 4.74 Å². The lowest BCUT2D eigenvalue weighted by molar-refractivity contribution is -0.113. The highest BCUT2D eigenvalue weighted by molar-refractivity contribution is 5.88. The van der Waals surface area contributed by atoms with Crippen LogP contribution in [-0.2, 0) is 4.79 Å². The van der Waals surface area contributed by atoms with Gasteiger partial charge in [0, 0.05) is 5.69 Å². The summed E-state index contributed by atoms with van der Waals surface area (Å²) in [5.41, 5.74) is 2.88. The Morgan fingerprint density at radius 3 is 2.88 bits per heavy atom. The molecule has 84 valence electrons. The van der Waals surface area contributed by atoms with Gasteiger partial charge in [0.05, 0.1) is 10.9 Å². The van der Waals surface area contributed by atoms with E-state index in [1.54, 1.807) is 6.92 Å². The van der Waals surface area contributed by atoms with Gasteiger partial charge in [0.15, 0.2) is 12.4 Å². The second-order valence-corrected chi connectivity index (χ2v) is 3.96. The van der Waals surface area contributed by atoms with Gasteiger partial charge in [-0.3, -0.25) is 9.89 Å². The molecule has 1 unspecified atom stereocenters. The van der Waals surface area contributed by atoms with Crippen LogP contribution in [0.3, 0.4) is 0 Å². The zero-order valence-electron chi connectivity index (χ0n) is 9.57. The molecule has 1 atom stereocenters. The average molecular weight is 218 g/mol. The van der Waals surface area contributed by atoms with Crippen molar-refractivity contribution in [1.29, 1.82) is 0 Å². The van der Waals surface area contributed by atoms with Crippen LogP contribution in [0.25, 0.3) is 10.9 Å². The lowest BCUT2D eigenvalue weighted by Crippen LogP contribution is -2.13. The molecule has 0 bridgehead atoms. The first kappa shape index (κ1) is 10.7. The van der Waals surface area contributed by atoms with Crippen molar-refractivity contribution in [2.45, 2.75) is 26.9 Å². The molecule has 4 nitrogen and oxygen atoms in total. The Labute approximate surface area is 93.6 Å². The number of hydrogen-bond donors (Lipinski definition) is 1. The molecule has 2 rings (SSSR count). The largest absolute Gasteiger partial charge is 0.482 e. The third-order valence-electron chi connectivity index (χ3n) is 2.45. The van der Waals surface area contributed by atoms with E-state index in [-0.39, 0.29) is 0 Å². The molecule has 0 radical (unpaired) electrons. The van der Waals surface area contributed by atoms with E-state index in [0.29, 0.717) is 5.75 Å². The summed E-state index contributed by atoms with van der Waals surface area (Å²) in [4.78, 5) is 10.6. The molecule has 0 spiro atoms. The van der Waals surface area contributed by atoms with Gasteiger partial charge in [-0.1, -0.05) is 0 Å². The van der Waals surface area contributed by atoms with Crippen LogP contribution in [0, 0.1) is 13.8 Å². The SMILES string of the molecule is Cc1cc(OC(C)C=O)c2c(C)[nH]nc2c1. The van der Waals surface area contributed by atoms with Crippen molar-refractivity contribution < 1.29 is 9.53 Å². The molecule has 0 aliphatic rings. The van der Waals surface area contributed by atoms with E-state index in [4.69, 9.17) is 4.74 Å². The Hall–Kier alpha value is -1.84. The predicted molar refractivity (Wildman–Crippen MR) is 61.7 cm³/mol. The van der Waals surface area contributed by atoms with E-state index >= 15 is 0 Å². The molecule has 16 heavy (non-hydrogen) atoms. The lowest BCUT2D eigenvalue weighted by Gasteiger charge is -2.10. The molecular weight excluding hydrogens is 204 g/mol. The van der Waals surface area contributed by atoms with Crippen molar-refractivity contribution in [1.82, 2.24) is 10.2 Å². The quantitative estimate of drug-likeness (QED) is 0.803. The van der Waals surface area contributed by atoms with E-state index in [0.717, 1.165) is 28.4 Å². The molecule has 0 saturated heterocycles. The van der Waals surface area contributed by atoms with E-state index < -0.39 is 6.10 Å². The average Bonchev–Trinajstić information content (AvgIpc) is 2.60. The van der Waals surface area contributed by atoms with Gasteiger partial charge in [-0.05, 0) is 38.5 Å². The summed E-state index contributed by atoms with van der Waals surface area (Å²) in [7, 11) is 0. The molecule has 1 heterocycles. The summed E-state index contributed by atoms with van der Waals surface area (Å²) in [6, 6.07) is 3.90. The molecule has 1 N–H and O–H groups in total. The molecule has 0 saturated carbocycles. The number of aldehydes is 1. The van der Waals surface area contributed by atoms with Crippen LogP contribution in [0.2, 0.25) is 0 Å². The van der Waals surface area contributed by atoms with Crippen LogP contribution in [0.4, 0.5) is 0 Å². The van der Waals surface area contributed by atoms with Gasteiger partial charge in [0.25, 0.3) is 0 Å². The van der Waals surface area contributed by atoms with Gasteiger partial charge in [-0.15, -0.1) is 0 Å². The van der Waals surface area contributed by atoms with Crippen LogP contribution >= 0.6 is 0 Å². The number of H-pyrrole nitrogens is 1. The summed E-state index contributed by atoms with van der Waals surface area (Å²) in [5.74, 6) is 0.709. The Morgan fingerprint density at radius 1 is 1.44 bits per heavy atom. The highest BCUT2D eigenvalue weighted by Gasteiger charge is 2.11. The van der Waals surface area contributed by atoms with Crippen LogP contribution < -0.4 is 4.74 Å². The zero-order chi connectivity index (χ0) is 11.7. The van der Waals surface area contributed by atoms with Crippen LogP contribution in [-0.4, -0.2) is 22.6 Å². The normalized spacial score (nSPS) is 12.7. The molecule has 1 aromatic heterocycles. The van der Waals surface area contributed by atoms with Gasteiger partial charge >= 0.3 is 0 Å². The van der Waals surface area contributed by atoms with Crippen LogP contribution in [0.1, 0.15) is 18.2 Å². The third-order valence-corrected chi connectivity index (χ3v) is 2.45. The third kappa shape index (κ3) is 1.78.